The molecule has 2 N–H and O–H groups in total. The van der Waals surface area contributed by atoms with Crippen LogP contribution in [0.25, 0.3) is 17.0 Å². The van der Waals surface area contributed by atoms with Gasteiger partial charge in [-0.25, -0.2) is 9.78 Å². The van der Waals surface area contributed by atoms with Crippen LogP contribution < -0.4 is 10.6 Å². The normalized spacial score (nSPS) is 10.9. The number of amides is 2. The van der Waals surface area contributed by atoms with Gasteiger partial charge in [0.15, 0.2) is 0 Å². The van der Waals surface area contributed by atoms with Gasteiger partial charge in [-0.15, -0.1) is 0 Å². The Labute approximate surface area is 195 Å². The van der Waals surface area contributed by atoms with E-state index in [2.05, 4.69) is 25.8 Å². The number of pyridine rings is 1. The van der Waals surface area contributed by atoms with Crippen molar-refractivity contribution in [1.29, 1.82) is 0 Å². The van der Waals surface area contributed by atoms with Crippen LogP contribution in [-0.2, 0) is 15.9 Å². The first-order valence-corrected chi connectivity index (χ1v) is 10.6. The quantitative estimate of drug-likeness (QED) is 0.361. The molecule has 0 radical (unpaired) electrons. The molecule has 0 atom stereocenters. The van der Waals surface area contributed by atoms with Gasteiger partial charge in [-0.05, 0) is 30.7 Å². The molecule has 0 aliphatic carbocycles. The lowest BCUT2D eigenvalue weighted by atomic mass is 10.1. The summed E-state index contributed by atoms with van der Waals surface area (Å²) in [5.74, 6) is 0.461. The third-order valence-electron chi connectivity index (χ3n) is 4.99. The van der Waals surface area contributed by atoms with Gasteiger partial charge in [0.25, 0.3) is 5.91 Å². The van der Waals surface area contributed by atoms with Crippen molar-refractivity contribution in [2.24, 2.45) is 0 Å². The van der Waals surface area contributed by atoms with E-state index in [9.17, 15) is 9.59 Å². The summed E-state index contributed by atoms with van der Waals surface area (Å²) in [7, 11) is 1.53. The number of carbonyl (C=O) groups excluding carboxylic acids is 2. The molecule has 2 amide bonds. The van der Waals surface area contributed by atoms with Crippen molar-refractivity contribution in [2.75, 3.05) is 32.2 Å². The predicted octanol–water partition coefficient (Wildman–Crippen LogP) is 2.86. The van der Waals surface area contributed by atoms with E-state index in [0.29, 0.717) is 47.3 Å². The van der Waals surface area contributed by atoms with Crippen molar-refractivity contribution in [3.63, 3.8) is 0 Å². The number of ether oxygens (including phenoxy) is 2. The van der Waals surface area contributed by atoms with Crippen LogP contribution in [0.1, 0.15) is 21.9 Å². The van der Waals surface area contributed by atoms with Gasteiger partial charge >= 0.3 is 6.09 Å². The topological polar surface area (TPSA) is 133 Å². The zero-order chi connectivity index (χ0) is 23.9. The third-order valence-corrected chi connectivity index (χ3v) is 4.99. The Balaban J connectivity index is 1.40. The molecule has 11 heteroatoms. The number of alkyl carbamates (subject to hydrolysis) is 1. The predicted molar refractivity (Wildman–Crippen MR) is 123 cm³/mol. The summed E-state index contributed by atoms with van der Waals surface area (Å²) in [5.41, 5.74) is 3.30. The van der Waals surface area contributed by atoms with Crippen LogP contribution in [0.2, 0.25) is 0 Å². The molecule has 0 fully saturated rings. The Morgan fingerprint density at radius 3 is 2.91 bits per heavy atom. The van der Waals surface area contributed by atoms with Crippen LogP contribution in [0.3, 0.4) is 0 Å². The maximum atomic E-state index is 12.9. The van der Waals surface area contributed by atoms with Crippen molar-refractivity contribution in [3.8, 4) is 11.4 Å². The molecule has 4 aromatic rings. The molecule has 0 saturated heterocycles. The van der Waals surface area contributed by atoms with E-state index in [0.717, 1.165) is 5.56 Å². The van der Waals surface area contributed by atoms with Crippen LogP contribution in [0.15, 0.2) is 53.3 Å². The molecule has 0 saturated carbocycles. The fraction of sp³-hybridized carbons (Fsp3) is 0.261. The van der Waals surface area contributed by atoms with Crippen LogP contribution in [0, 0.1) is 6.92 Å². The molecule has 0 unspecified atom stereocenters. The van der Waals surface area contributed by atoms with Crippen molar-refractivity contribution < 1.29 is 23.6 Å². The molecule has 11 nitrogen and oxygen atoms in total. The molecule has 0 aliphatic heterocycles. The average Bonchev–Trinajstić information content (AvgIpc) is 3.48. The standard InChI is InChI=1S/C23H24N6O5/c1-15-6-7-16(21-27-20(34-28-21)8-9-24-23(31)33-12-11-32-2)13-17(15)26-22(30)18-14-25-19-5-3-4-10-29(18)19/h3-7,10,13-14H,8-9,11-12H2,1-2H3,(H,24,31)(H,26,30). The SMILES string of the molecule is COCCOC(=O)NCCc1nc(-c2ccc(C)c(NC(=O)c3cnc4ccccn34)c2)no1. The van der Waals surface area contributed by atoms with Gasteiger partial charge in [-0.3, -0.25) is 9.20 Å². The highest BCUT2D eigenvalue weighted by atomic mass is 16.6. The Kier molecular flexibility index (Phi) is 7.13. The van der Waals surface area contributed by atoms with E-state index in [1.54, 1.807) is 16.7 Å². The Hall–Kier alpha value is -4.25. The first-order chi connectivity index (χ1) is 16.5. The molecule has 34 heavy (non-hydrogen) atoms. The van der Waals surface area contributed by atoms with Gasteiger partial charge in [-0.1, -0.05) is 23.4 Å². The minimum atomic E-state index is -0.540. The van der Waals surface area contributed by atoms with E-state index in [-0.39, 0.29) is 19.1 Å². The van der Waals surface area contributed by atoms with Gasteiger partial charge in [0.05, 0.1) is 12.8 Å². The molecule has 3 heterocycles. The van der Waals surface area contributed by atoms with Crippen LogP contribution in [0.5, 0.6) is 0 Å². The Bertz CT molecular complexity index is 1300. The molecule has 0 spiro atoms. The summed E-state index contributed by atoms with van der Waals surface area (Å²) >= 11 is 0. The molecular weight excluding hydrogens is 440 g/mol. The van der Waals surface area contributed by atoms with Gasteiger partial charge in [-0.2, -0.15) is 4.98 Å². The monoisotopic (exact) mass is 464 g/mol. The summed E-state index contributed by atoms with van der Waals surface area (Å²) < 4.78 is 16.7. The summed E-state index contributed by atoms with van der Waals surface area (Å²) in [6.07, 6.45) is 3.13. The Morgan fingerprint density at radius 1 is 1.18 bits per heavy atom. The van der Waals surface area contributed by atoms with Crippen LogP contribution >= 0.6 is 0 Å². The van der Waals surface area contributed by atoms with Gasteiger partial charge < -0.3 is 24.6 Å². The van der Waals surface area contributed by atoms with Crippen molar-refractivity contribution in [3.05, 3.63) is 65.9 Å². The number of anilines is 1. The minimum absolute atomic E-state index is 0.177. The number of nitrogens with one attached hydrogen (secondary N) is 2. The number of hydrogen-bond donors (Lipinski definition) is 2. The highest BCUT2D eigenvalue weighted by Gasteiger charge is 2.15. The number of hydrogen-bond acceptors (Lipinski definition) is 8. The zero-order valence-corrected chi connectivity index (χ0v) is 18.8. The number of nitrogens with zero attached hydrogens (tertiary/aromatic N) is 4. The van der Waals surface area contributed by atoms with Crippen LogP contribution in [0.4, 0.5) is 10.5 Å². The van der Waals surface area contributed by atoms with Gasteiger partial charge in [0.1, 0.15) is 17.9 Å². The first-order valence-electron chi connectivity index (χ1n) is 10.6. The van der Waals surface area contributed by atoms with E-state index in [1.807, 2.05) is 37.3 Å². The molecule has 176 valence electrons. The first kappa shape index (κ1) is 22.9. The zero-order valence-electron chi connectivity index (χ0n) is 18.8. The average molecular weight is 464 g/mol. The largest absolute Gasteiger partial charge is 0.447 e. The highest BCUT2D eigenvalue weighted by Crippen LogP contribution is 2.24. The lowest BCUT2D eigenvalue weighted by Crippen LogP contribution is -2.27. The molecular formula is C23H24N6O5. The third kappa shape index (κ3) is 5.38. The molecule has 3 aromatic heterocycles. The van der Waals surface area contributed by atoms with E-state index >= 15 is 0 Å². The fourth-order valence-electron chi connectivity index (χ4n) is 3.20. The van der Waals surface area contributed by atoms with Crippen molar-refractivity contribution in [1.82, 2.24) is 24.8 Å². The van der Waals surface area contributed by atoms with E-state index in [1.165, 1.54) is 13.3 Å². The maximum Gasteiger partial charge on any atom is 0.407 e. The van der Waals surface area contributed by atoms with E-state index < -0.39 is 6.09 Å². The van der Waals surface area contributed by atoms with Gasteiger partial charge in [0.2, 0.25) is 11.7 Å². The second-order valence-electron chi connectivity index (χ2n) is 7.37. The number of aromatic nitrogens is 4. The number of rotatable bonds is 9. The number of methoxy groups -OCH3 is 1. The molecule has 0 aliphatic rings. The summed E-state index contributed by atoms with van der Waals surface area (Å²) in [5, 5.41) is 9.55. The maximum absolute atomic E-state index is 12.9. The number of carbonyl (C=O) groups is 2. The highest BCUT2D eigenvalue weighted by molar-refractivity contribution is 6.04. The summed E-state index contributed by atoms with van der Waals surface area (Å²) in [4.78, 5) is 33.1. The second-order valence-corrected chi connectivity index (χ2v) is 7.37. The summed E-state index contributed by atoms with van der Waals surface area (Å²) in [6.45, 7) is 2.68. The smallest absolute Gasteiger partial charge is 0.407 e. The fourth-order valence-corrected chi connectivity index (χ4v) is 3.20. The number of aryl methyl sites for hydroxylation is 1. The van der Waals surface area contributed by atoms with Gasteiger partial charge in [0, 0.05) is 37.5 Å². The van der Waals surface area contributed by atoms with Crippen molar-refractivity contribution >= 4 is 23.3 Å². The van der Waals surface area contributed by atoms with E-state index in [4.69, 9.17) is 14.0 Å². The Morgan fingerprint density at radius 2 is 2.06 bits per heavy atom. The lowest BCUT2D eigenvalue weighted by molar-refractivity contribution is 0.0985. The minimum Gasteiger partial charge on any atom is -0.447 e. The van der Waals surface area contributed by atoms with Crippen molar-refractivity contribution in [2.45, 2.75) is 13.3 Å². The lowest BCUT2D eigenvalue weighted by Gasteiger charge is -2.09. The molecule has 0 bridgehead atoms. The second kappa shape index (κ2) is 10.6. The number of fused-ring (bicyclic) bond motifs is 1. The molecule has 1 aromatic carbocycles. The number of imidazole rings is 1. The summed E-state index contributed by atoms with van der Waals surface area (Å²) in [6, 6.07) is 11.0. The number of benzene rings is 1. The molecule has 4 rings (SSSR count). The van der Waals surface area contributed by atoms with Crippen LogP contribution in [-0.4, -0.2) is 58.4 Å².